The lowest BCUT2D eigenvalue weighted by atomic mass is 10.3. The predicted octanol–water partition coefficient (Wildman–Crippen LogP) is 1.03. The molecule has 1 N–H and O–H groups in total. The Labute approximate surface area is 105 Å². The molecule has 18 heavy (non-hydrogen) atoms. The lowest BCUT2D eigenvalue weighted by Crippen LogP contribution is -2.36. The number of nitrogens with zero attached hydrogens (tertiary/aromatic N) is 2. The van der Waals surface area contributed by atoms with E-state index in [1.54, 1.807) is 11.9 Å². The molecule has 0 saturated carbocycles. The first kappa shape index (κ1) is 14.0. The molecule has 1 rings (SSSR count). The molecule has 6 nitrogen and oxygen atoms in total. The highest BCUT2D eigenvalue weighted by Crippen LogP contribution is 2.11. The van der Waals surface area contributed by atoms with E-state index in [9.17, 15) is 9.59 Å². The Morgan fingerprint density at radius 2 is 2.11 bits per heavy atom. The Morgan fingerprint density at radius 1 is 1.44 bits per heavy atom. The molecule has 1 amide bonds. The smallest absolute Gasteiger partial charge is 0.337 e. The number of likely N-dealkylation sites (N-methyl/N-ethyl adjacent to an activating group) is 1. The maximum atomic E-state index is 11.6. The van der Waals surface area contributed by atoms with Gasteiger partial charge in [0.2, 0.25) is 0 Å². The number of hydrogen-bond acceptors (Lipinski definition) is 4. The number of aromatic carboxylic acids is 1. The molecule has 0 atom stereocenters. The van der Waals surface area contributed by atoms with E-state index in [2.05, 4.69) is 4.98 Å². The zero-order valence-corrected chi connectivity index (χ0v) is 10.6. The molecule has 1 aromatic heterocycles. The Hall–Kier alpha value is -2.11. The first-order valence-electron chi connectivity index (χ1n) is 5.48. The van der Waals surface area contributed by atoms with Crippen molar-refractivity contribution in [3.8, 4) is 5.75 Å². The highest BCUT2D eigenvalue weighted by Gasteiger charge is 2.13. The fourth-order valence-corrected chi connectivity index (χ4v) is 1.15. The molecule has 0 fully saturated rings. The molecule has 6 heteroatoms. The van der Waals surface area contributed by atoms with Crippen molar-refractivity contribution in [2.75, 3.05) is 13.7 Å². The quantitative estimate of drug-likeness (QED) is 0.846. The van der Waals surface area contributed by atoms with Crippen molar-refractivity contribution in [2.45, 2.75) is 19.9 Å². The van der Waals surface area contributed by atoms with Crippen LogP contribution in [0.4, 0.5) is 0 Å². The summed E-state index contributed by atoms with van der Waals surface area (Å²) in [5, 5.41) is 8.78. The summed E-state index contributed by atoms with van der Waals surface area (Å²) in [5.41, 5.74) is 0.0252. The minimum absolute atomic E-state index is 0.0252. The van der Waals surface area contributed by atoms with E-state index in [4.69, 9.17) is 9.84 Å². The molecule has 0 bridgehead atoms. The Balaban J connectivity index is 2.61. The van der Waals surface area contributed by atoms with Crippen LogP contribution in [0.2, 0.25) is 0 Å². The highest BCUT2D eigenvalue weighted by molar-refractivity contribution is 5.87. The normalized spacial score (nSPS) is 10.2. The van der Waals surface area contributed by atoms with Crippen molar-refractivity contribution >= 4 is 11.9 Å². The van der Waals surface area contributed by atoms with Gasteiger partial charge in [0.05, 0.1) is 11.8 Å². The van der Waals surface area contributed by atoms with E-state index in [1.165, 1.54) is 18.5 Å². The minimum atomic E-state index is -1.08. The number of carbonyl (C=O) groups is 2. The maximum absolute atomic E-state index is 11.6. The van der Waals surface area contributed by atoms with Crippen LogP contribution in [0, 0.1) is 0 Å². The summed E-state index contributed by atoms with van der Waals surface area (Å²) in [6, 6.07) is 1.42. The molecule has 0 aromatic carbocycles. The number of amides is 1. The number of ether oxygens (including phenoxy) is 1. The lowest BCUT2D eigenvalue weighted by Gasteiger charge is -2.21. The van der Waals surface area contributed by atoms with E-state index >= 15 is 0 Å². The lowest BCUT2D eigenvalue weighted by molar-refractivity contribution is -0.133. The first-order valence-corrected chi connectivity index (χ1v) is 5.48. The summed E-state index contributed by atoms with van der Waals surface area (Å²) in [4.78, 5) is 27.6. The second-order valence-corrected chi connectivity index (χ2v) is 4.10. The van der Waals surface area contributed by atoms with Crippen molar-refractivity contribution in [3.05, 3.63) is 24.0 Å². The molecule has 98 valence electrons. The standard InChI is InChI=1S/C12H16N2O4/c1-8(2)14(3)11(15)7-18-10-4-9(12(16)17)5-13-6-10/h4-6,8H,7H2,1-3H3,(H,16,17). The third-order valence-electron chi connectivity index (χ3n) is 2.49. The van der Waals surface area contributed by atoms with Gasteiger partial charge in [-0.1, -0.05) is 0 Å². The molecule has 0 aliphatic rings. The Morgan fingerprint density at radius 3 is 2.67 bits per heavy atom. The van der Waals surface area contributed by atoms with Crippen LogP contribution in [0.1, 0.15) is 24.2 Å². The number of carbonyl (C=O) groups excluding carboxylic acids is 1. The van der Waals surface area contributed by atoms with Gasteiger partial charge in [-0.3, -0.25) is 9.78 Å². The average molecular weight is 252 g/mol. The van der Waals surface area contributed by atoms with Gasteiger partial charge in [0.15, 0.2) is 6.61 Å². The monoisotopic (exact) mass is 252 g/mol. The van der Waals surface area contributed by atoms with Gasteiger partial charge >= 0.3 is 5.97 Å². The Kier molecular flexibility index (Phi) is 4.65. The number of carboxylic acid groups (broad SMARTS) is 1. The number of hydrogen-bond donors (Lipinski definition) is 1. The van der Waals surface area contributed by atoms with Crippen LogP contribution in [0.3, 0.4) is 0 Å². The van der Waals surface area contributed by atoms with Gasteiger partial charge in [-0.25, -0.2) is 4.79 Å². The van der Waals surface area contributed by atoms with E-state index < -0.39 is 5.97 Å². The largest absolute Gasteiger partial charge is 0.482 e. The van der Waals surface area contributed by atoms with Gasteiger partial charge in [0, 0.05) is 19.3 Å². The van der Waals surface area contributed by atoms with Crippen LogP contribution in [0.15, 0.2) is 18.5 Å². The van der Waals surface area contributed by atoms with E-state index in [-0.39, 0.29) is 29.9 Å². The van der Waals surface area contributed by atoms with Crippen molar-refractivity contribution in [3.63, 3.8) is 0 Å². The van der Waals surface area contributed by atoms with Crippen molar-refractivity contribution in [2.24, 2.45) is 0 Å². The van der Waals surface area contributed by atoms with Gasteiger partial charge in [0.25, 0.3) is 5.91 Å². The summed E-state index contributed by atoms with van der Waals surface area (Å²) in [6.07, 6.45) is 2.59. The number of pyridine rings is 1. The Bertz CT molecular complexity index is 445. The topological polar surface area (TPSA) is 79.7 Å². The number of rotatable bonds is 5. The van der Waals surface area contributed by atoms with Gasteiger partial charge in [-0.2, -0.15) is 0 Å². The van der Waals surface area contributed by atoms with E-state index in [0.717, 1.165) is 0 Å². The summed E-state index contributed by atoms with van der Waals surface area (Å²) in [6.45, 7) is 3.65. The molecule has 0 radical (unpaired) electrons. The van der Waals surface area contributed by atoms with Crippen molar-refractivity contribution in [1.29, 1.82) is 0 Å². The molecule has 0 unspecified atom stereocenters. The first-order chi connectivity index (χ1) is 8.41. The highest BCUT2D eigenvalue weighted by atomic mass is 16.5. The predicted molar refractivity (Wildman–Crippen MR) is 64.6 cm³/mol. The fraction of sp³-hybridized carbons (Fsp3) is 0.417. The molecule has 1 heterocycles. The third-order valence-corrected chi connectivity index (χ3v) is 2.49. The molecule has 0 spiro atoms. The molecule has 0 aliphatic heterocycles. The van der Waals surface area contributed by atoms with Crippen molar-refractivity contribution in [1.82, 2.24) is 9.88 Å². The van der Waals surface area contributed by atoms with Crippen LogP contribution in [-0.2, 0) is 4.79 Å². The number of carboxylic acids is 1. The van der Waals surface area contributed by atoms with Gasteiger partial charge in [-0.05, 0) is 19.9 Å². The summed E-state index contributed by atoms with van der Waals surface area (Å²) in [5.74, 6) is -0.996. The van der Waals surface area contributed by atoms with E-state index in [0.29, 0.717) is 0 Å². The fourth-order valence-electron chi connectivity index (χ4n) is 1.15. The third kappa shape index (κ3) is 3.73. The average Bonchev–Trinajstić information content (AvgIpc) is 2.35. The van der Waals surface area contributed by atoms with Crippen LogP contribution >= 0.6 is 0 Å². The molecule has 0 aliphatic carbocycles. The van der Waals surface area contributed by atoms with Crippen LogP contribution in [0.5, 0.6) is 5.75 Å². The minimum Gasteiger partial charge on any atom is -0.482 e. The van der Waals surface area contributed by atoms with E-state index in [1.807, 2.05) is 13.8 Å². The molecule has 0 saturated heterocycles. The van der Waals surface area contributed by atoms with Gasteiger partial charge < -0.3 is 14.7 Å². The summed E-state index contributed by atoms with van der Waals surface area (Å²) < 4.78 is 5.21. The molecular formula is C12H16N2O4. The second kappa shape index (κ2) is 6.00. The SMILES string of the molecule is CC(C)N(C)C(=O)COc1cncc(C(=O)O)c1. The van der Waals surface area contributed by atoms with Crippen molar-refractivity contribution < 1.29 is 19.4 Å². The second-order valence-electron chi connectivity index (χ2n) is 4.10. The maximum Gasteiger partial charge on any atom is 0.337 e. The van der Waals surface area contributed by atoms with Crippen LogP contribution in [-0.4, -0.2) is 46.6 Å². The van der Waals surface area contributed by atoms with Gasteiger partial charge in [0.1, 0.15) is 5.75 Å². The number of aromatic nitrogens is 1. The molecule has 1 aromatic rings. The summed E-state index contributed by atoms with van der Waals surface area (Å²) >= 11 is 0. The summed E-state index contributed by atoms with van der Waals surface area (Å²) in [7, 11) is 1.68. The van der Waals surface area contributed by atoms with Crippen LogP contribution < -0.4 is 4.74 Å². The van der Waals surface area contributed by atoms with Crippen LogP contribution in [0.25, 0.3) is 0 Å². The zero-order valence-electron chi connectivity index (χ0n) is 10.6. The molecular weight excluding hydrogens is 236 g/mol. The zero-order chi connectivity index (χ0) is 13.7. The van der Waals surface area contributed by atoms with Gasteiger partial charge in [-0.15, -0.1) is 0 Å².